The molecule has 1 fully saturated rings. The molecule has 1 heterocycles. The first-order chi connectivity index (χ1) is 8.73. The maximum absolute atomic E-state index is 3.59. The minimum atomic E-state index is 0.458. The molecule has 3 unspecified atom stereocenters. The lowest BCUT2D eigenvalue weighted by Crippen LogP contribution is -2.45. The Morgan fingerprint density at radius 3 is 2.94 bits per heavy atom. The summed E-state index contributed by atoms with van der Waals surface area (Å²) in [6, 6.07) is 9.61. The first-order valence-corrected chi connectivity index (χ1v) is 8.10. The molecule has 2 heteroatoms. The average Bonchev–Trinajstić information content (AvgIpc) is 2.79. The molecule has 1 saturated heterocycles. The third-order valence-electron chi connectivity index (χ3n) is 4.82. The maximum Gasteiger partial charge on any atom is 0.0285 e. The van der Waals surface area contributed by atoms with Crippen LogP contribution in [0.2, 0.25) is 0 Å². The summed E-state index contributed by atoms with van der Waals surface area (Å²) in [5.74, 6) is 2.13. The Kier molecular flexibility index (Phi) is 3.42. The summed E-state index contributed by atoms with van der Waals surface area (Å²) in [5.41, 5.74) is 3.17. The minimum Gasteiger partial charge on any atom is -0.316 e. The van der Waals surface area contributed by atoms with E-state index in [0.29, 0.717) is 10.8 Å². The van der Waals surface area contributed by atoms with Crippen molar-refractivity contribution < 1.29 is 0 Å². The van der Waals surface area contributed by atoms with Crippen molar-refractivity contribution in [2.45, 2.75) is 49.3 Å². The number of hydrogen-bond acceptors (Lipinski definition) is 2. The number of fused-ring (bicyclic) bond motifs is 1. The highest BCUT2D eigenvalue weighted by atomic mass is 32.2. The van der Waals surface area contributed by atoms with Crippen molar-refractivity contribution in [2.24, 2.45) is 0 Å². The van der Waals surface area contributed by atoms with E-state index in [4.69, 9.17) is 0 Å². The van der Waals surface area contributed by atoms with Gasteiger partial charge >= 0.3 is 0 Å². The van der Waals surface area contributed by atoms with Crippen molar-refractivity contribution in [2.75, 3.05) is 12.8 Å². The summed E-state index contributed by atoms with van der Waals surface area (Å²) in [7, 11) is 2.14. The van der Waals surface area contributed by atoms with Crippen LogP contribution in [0.4, 0.5) is 0 Å². The second-order valence-corrected chi connectivity index (χ2v) is 7.57. The quantitative estimate of drug-likeness (QED) is 0.889. The molecule has 3 atom stereocenters. The average molecular weight is 261 g/mol. The lowest BCUT2D eigenvalue weighted by Gasteiger charge is -2.39. The summed E-state index contributed by atoms with van der Waals surface area (Å²) in [6.45, 7) is 2.45. The van der Waals surface area contributed by atoms with E-state index in [9.17, 15) is 0 Å². The molecule has 0 spiro atoms. The van der Waals surface area contributed by atoms with Crippen LogP contribution in [0.3, 0.4) is 0 Å². The fourth-order valence-corrected chi connectivity index (χ4v) is 5.06. The van der Waals surface area contributed by atoms with Crippen LogP contribution in [-0.4, -0.2) is 23.6 Å². The normalized spacial score (nSPS) is 31.8. The van der Waals surface area contributed by atoms with Crippen LogP contribution in [0.15, 0.2) is 24.3 Å². The van der Waals surface area contributed by atoms with E-state index in [-0.39, 0.29) is 0 Å². The minimum absolute atomic E-state index is 0.458. The molecule has 3 rings (SSSR count). The molecule has 1 aliphatic heterocycles. The molecule has 0 saturated carbocycles. The number of thioether (sulfide) groups is 1. The third-order valence-corrected chi connectivity index (χ3v) is 6.46. The zero-order valence-corrected chi connectivity index (χ0v) is 12.2. The summed E-state index contributed by atoms with van der Waals surface area (Å²) in [6.07, 6.45) is 5.35. The smallest absolute Gasteiger partial charge is 0.0285 e. The Labute approximate surface area is 115 Å². The predicted molar refractivity (Wildman–Crippen MR) is 80.4 cm³/mol. The van der Waals surface area contributed by atoms with Gasteiger partial charge in [0.1, 0.15) is 0 Å². The molecule has 98 valence electrons. The van der Waals surface area contributed by atoms with Crippen molar-refractivity contribution in [3.8, 4) is 0 Å². The predicted octanol–water partition coefficient (Wildman–Crippen LogP) is 3.59. The largest absolute Gasteiger partial charge is 0.316 e. The Bertz CT molecular complexity index is 423. The Morgan fingerprint density at radius 2 is 2.28 bits per heavy atom. The van der Waals surface area contributed by atoms with E-state index in [1.165, 1.54) is 31.4 Å². The molecular weight excluding hydrogens is 238 g/mol. The highest BCUT2D eigenvalue weighted by molar-refractivity contribution is 8.00. The molecular formula is C16H23NS. The molecule has 0 bridgehead atoms. The van der Waals surface area contributed by atoms with Gasteiger partial charge in [0, 0.05) is 10.8 Å². The summed E-state index contributed by atoms with van der Waals surface area (Å²) in [4.78, 5) is 0. The number of benzene rings is 1. The van der Waals surface area contributed by atoms with Gasteiger partial charge in [0.15, 0.2) is 0 Å². The molecule has 1 nitrogen and oxygen atoms in total. The molecule has 0 radical (unpaired) electrons. The molecule has 18 heavy (non-hydrogen) atoms. The van der Waals surface area contributed by atoms with Gasteiger partial charge in [-0.25, -0.2) is 0 Å². The van der Waals surface area contributed by atoms with Gasteiger partial charge in [-0.15, -0.1) is 0 Å². The van der Waals surface area contributed by atoms with Crippen molar-refractivity contribution in [3.63, 3.8) is 0 Å². The summed E-state index contributed by atoms with van der Waals surface area (Å²) < 4.78 is 0.458. The van der Waals surface area contributed by atoms with Gasteiger partial charge in [0.25, 0.3) is 0 Å². The third kappa shape index (κ3) is 2.10. The Morgan fingerprint density at radius 1 is 1.44 bits per heavy atom. The van der Waals surface area contributed by atoms with Crippen LogP contribution in [0.5, 0.6) is 0 Å². The van der Waals surface area contributed by atoms with E-state index >= 15 is 0 Å². The van der Waals surface area contributed by atoms with Crippen molar-refractivity contribution >= 4 is 11.8 Å². The van der Waals surface area contributed by atoms with Crippen LogP contribution in [0, 0.1) is 0 Å². The van der Waals surface area contributed by atoms with Gasteiger partial charge in [-0.3, -0.25) is 0 Å². The van der Waals surface area contributed by atoms with Gasteiger partial charge < -0.3 is 5.32 Å². The number of hydrogen-bond donors (Lipinski definition) is 1. The van der Waals surface area contributed by atoms with Crippen LogP contribution in [-0.2, 0) is 6.42 Å². The molecule has 1 aromatic carbocycles. The van der Waals surface area contributed by atoms with Gasteiger partial charge in [-0.2, -0.15) is 11.8 Å². The van der Waals surface area contributed by atoms with Crippen molar-refractivity contribution in [1.82, 2.24) is 5.32 Å². The van der Waals surface area contributed by atoms with Crippen molar-refractivity contribution in [3.05, 3.63) is 35.4 Å². The topological polar surface area (TPSA) is 12.0 Å². The molecule has 0 amide bonds. The van der Waals surface area contributed by atoms with E-state index in [2.05, 4.69) is 55.3 Å². The second kappa shape index (κ2) is 4.90. The molecule has 2 aliphatic rings. The lowest BCUT2D eigenvalue weighted by atomic mass is 9.72. The van der Waals surface area contributed by atoms with Crippen molar-refractivity contribution in [1.29, 1.82) is 0 Å². The molecule has 1 N–H and O–H groups in total. The fraction of sp³-hybridized carbons (Fsp3) is 0.625. The molecule has 0 aromatic heterocycles. The van der Waals surface area contributed by atoms with Gasteiger partial charge in [0.05, 0.1) is 0 Å². The first-order valence-electron chi connectivity index (χ1n) is 7.12. The van der Waals surface area contributed by atoms with E-state index in [0.717, 1.165) is 5.92 Å². The standard InChI is InChI=1S/C16H23NS/c1-16(8-5-9-18-16)15(17-2)11-13-10-12-6-3-4-7-14(12)13/h3-4,6-7,13,15,17H,5,8-11H2,1-2H3. The van der Waals surface area contributed by atoms with E-state index in [1.807, 2.05) is 0 Å². The first kappa shape index (κ1) is 12.6. The van der Waals surface area contributed by atoms with Crippen LogP contribution in [0.25, 0.3) is 0 Å². The van der Waals surface area contributed by atoms with Gasteiger partial charge in [-0.05, 0) is 62.5 Å². The Hall–Kier alpha value is -0.470. The molecule has 1 aromatic rings. The monoisotopic (exact) mass is 261 g/mol. The van der Waals surface area contributed by atoms with Crippen LogP contribution < -0.4 is 5.32 Å². The van der Waals surface area contributed by atoms with Gasteiger partial charge in [-0.1, -0.05) is 24.3 Å². The van der Waals surface area contributed by atoms with Crippen LogP contribution >= 0.6 is 11.8 Å². The summed E-state index contributed by atoms with van der Waals surface area (Å²) >= 11 is 2.17. The van der Waals surface area contributed by atoms with E-state index in [1.54, 1.807) is 11.1 Å². The van der Waals surface area contributed by atoms with Gasteiger partial charge in [0.2, 0.25) is 0 Å². The zero-order chi connectivity index (χ0) is 12.6. The fourth-order valence-electron chi connectivity index (χ4n) is 3.61. The second-order valence-electron chi connectivity index (χ2n) is 5.94. The SMILES string of the molecule is CNC(CC1Cc2ccccc21)C1(C)CCCS1. The maximum atomic E-state index is 3.59. The molecule has 1 aliphatic carbocycles. The highest BCUT2D eigenvalue weighted by Crippen LogP contribution is 2.45. The Balaban J connectivity index is 1.69. The zero-order valence-electron chi connectivity index (χ0n) is 11.4. The lowest BCUT2D eigenvalue weighted by molar-refractivity contribution is 0.363. The number of nitrogens with one attached hydrogen (secondary N) is 1. The van der Waals surface area contributed by atoms with Crippen LogP contribution in [0.1, 0.15) is 43.2 Å². The van der Waals surface area contributed by atoms with E-state index < -0.39 is 0 Å². The number of rotatable bonds is 4. The highest BCUT2D eigenvalue weighted by Gasteiger charge is 2.39. The summed E-state index contributed by atoms with van der Waals surface area (Å²) in [5, 5.41) is 3.59.